The molecule has 2 rings (SSSR count). The molecule has 0 saturated heterocycles. The van der Waals surface area contributed by atoms with Crippen LogP contribution in [0.15, 0.2) is 12.5 Å². The van der Waals surface area contributed by atoms with E-state index in [-0.39, 0.29) is 6.04 Å². The summed E-state index contributed by atoms with van der Waals surface area (Å²) in [5, 5.41) is 0. The highest BCUT2D eigenvalue weighted by Crippen LogP contribution is 2.44. The third kappa shape index (κ3) is 1.57. The van der Waals surface area contributed by atoms with Gasteiger partial charge in [-0.15, -0.1) is 0 Å². The van der Waals surface area contributed by atoms with E-state index in [0.717, 1.165) is 5.92 Å². The van der Waals surface area contributed by atoms with Gasteiger partial charge in [0.1, 0.15) is 0 Å². The third-order valence-electron chi connectivity index (χ3n) is 3.18. The van der Waals surface area contributed by atoms with E-state index >= 15 is 0 Å². The minimum absolute atomic E-state index is 0.116. The summed E-state index contributed by atoms with van der Waals surface area (Å²) in [4.78, 5) is 4.20. The third-order valence-corrected chi connectivity index (χ3v) is 3.18. The molecule has 1 aromatic rings. The molecule has 0 aliphatic heterocycles. The van der Waals surface area contributed by atoms with Gasteiger partial charge in [0.05, 0.1) is 12.0 Å². The number of rotatable bonds is 3. The van der Waals surface area contributed by atoms with Crippen LogP contribution in [-0.4, -0.2) is 9.55 Å². The highest BCUT2D eigenvalue weighted by Gasteiger charge is 2.36. The second-order valence-corrected chi connectivity index (χ2v) is 4.78. The normalized spacial score (nSPS) is 28.1. The van der Waals surface area contributed by atoms with Gasteiger partial charge >= 0.3 is 0 Å². The van der Waals surface area contributed by atoms with Crippen molar-refractivity contribution in [3.8, 4) is 0 Å². The summed E-state index contributed by atoms with van der Waals surface area (Å²) in [5.74, 6) is 1.27. The zero-order valence-electron chi connectivity index (χ0n) is 9.14. The van der Waals surface area contributed by atoms with Crippen molar-refractivity contribution in [1.82, 2.24) is 9.55 Å². The molecule has 1 fully saturated rings. The summed E-state index contributed by atoms with van der Waals surface area (Å²) in [7, 11) is 0. The molecular weight excluding hydrogens is 174 g/mol. The van der Waals surface area contributed by atoms with Gasteiger partial charge in [-0.05, 0) is 18.3 Å². The van der Waals surface area contributed by atoms with Crippen LogP contribution in [0.4, 0.5) is 0 Å². The summed E-state index contributed by atoms with van der Waals surface area (Å²) >= 11 is 0. The van der Waals surface area contributed by atoms with E-state index < -0.39 is 0 Å². The van der Waals surface area contributed by atoms with Crippen molar-refractivity contribution in [2.24, 2.45) is 17.6 Å². The molecule has 1 heterocycles. The molecule has 3 atom stereocenters. The largest absolute Gasteiger partial charge is 0.330 e. The first-order valence-corrected chi connectivity index (χ1v) is 5.38. The average Bonchev–Trinajstić information content (AvgIpc) is 2.67. The van der Waals surface area contributed by atoms with Crippen LogP contribution in [0.1, 0.15) is 45.0 Å². The Kier molecular flexibility index (Phi) is 2.35. The summed E-state index contributed by atoms with van der Waals surface area (Å²) in [6, 6.07) is 0.766. The molecule has 0 spiro atoms. The number of nitrogens with two attached hydrogens (primary N) is 1. The van der Waals surface area contributed by atoms with Crippen LogP contribution in [0.2, 0.25) is 0 Å². The molecule has 0 bridgehead atoms. The van der Waals surface area contributed by atoms with Gasteiger partial charge in [0.15, 0.2) is 0 Å². The second kappa shape index (κ2) is 3.39. The van der Waals surface area contributed by atoms with Gasteiger partial charge in [0.2, 0.25) is 0 Å². The molecule has 2 N–H and O–H groups in total. The minimum atomic E-state index is 0.116. The molecular formula is C11H19N3. The molecule has 0 radical (unpaired) electrons. The number of imidazole rings is 1. The first-order chi connectivity index (χ1) is 6.61. The fourth-order valence-electron chi connectivity index (χ4n) is 1.88. The molecule has 1 saturated carbocycles. The van der Waals surface area contributed by atoms with E-state index in [1.54, 1.807) is 0 Å². The topological polar surface area (TPSA) is 43.8 Å². The van der Waals surface area contributed by atoms with Crippen LogP contribution in [0.25, 0.3) is 0 Å². The summed E-state index contributed by atoms with van der Waals surface area (Å²) in [5.41, 5.74) is 7.32. The molecule has 3 nitrogen and oxygen atoms in total. The van der Waals surface area contributed by atoms with Crippen LogP contribution in [0, 0.1) is 11.8 Å². The lowest BCUT2D eigenvalue weighted by atomic mass is 10.0. The predicted octanol–water partition coefficient (Wildman–Crippen LogP) is 2.12. The van der Waals surface area contributed by atoms with Gasteiger partial charge in [0.25, 0.3) is 0 Å². The maximum Gasteiger partial charge on any atom is 0.0951 e. The second-order valence-electron chi connectivity index (χ2n) is 4.78. The number of nitrogens with zero attached hydrogens (tertiary/aromatic N) is 2. The smallest absolute Gasteiger partial charge is 0.0951 e. The van der Waals surface area contributed by atoms with Crippen molar-refractivity contribution in [3.05, 3.63) is 18.2 Å². The summed E-state index contributed by atoms with van der Waals surface area (Å²) in [6.07, 6.45) is 5.11. The van der Waals surface area contributed by atoms with Gasteiger partial charge in [-0.1, -0.05) is 20.8 Å². The fourth-order valence-corrected chi connectivity index (χ4v) is 1.88. The molecule has 1 aliphatic carbocycles. The Morgan fingerprint density at radius 3 is 2.71 bits per heavy atom. The van der Waals surface area contributed by atoms with Crippen molar-refractivity contribution >= 4 is 0 Å². The van der Waals surface area contributed by atoms with E-state index in [9.17, 15) is 0 Å². The molecule has 0 amide bonds. The average molecular weight is 193 g/mol. The molecule has 3 heteroatoms. The molecule has 0 aromatic carbocycles. The Morgan fingerprint density at radius 2 is 2.21 bits per heavy atom. The van der Waals surface area contributed by atoms with Crippen molar-refractivity contribution in [1.29, 1.82) is 0 Å². The van der Waals surface area contributed by atoms with E-state index in [1.165, 1.54) is 12.1 Å². The van der Waals surface area contributed by atoms with Gasteiger partial charge < -0.3 is 10.3 Å². The van der Waals surface area contributed by atoms with Crippen LogP contribution < -0.4 is 5.73 Å². The van der Waals surface area contributed by atoms with E-state index in [2.05, 4.69) is 30.3 Å². The SMILES string of the molecule is CC(C)C(N)c1cncn1C1CC1C. The summed E-state index contributed by atoms with van der Waals surface area (Å²) < 4.78 is 2.26. The molecule has 3 unspecified atom stereocenters. The Morgan fingerprint density at radius 1 is 1.57 bits per heavy atom. The van der Waals surface area contributed by atoms with E-state index in [4.69, 9.17) is 5.73 Å². The molecule has 78 valence electrons. The van der Waals surface area contributed by atoms with Gasteiger partial charge in [-0.25, -0.2) is 4.98 Å². The maximum atomic E-state index is 6.13. The quantitative estimate of drug-likeness (QED) is 0.799. The number of hydrogen-bond acceptors (Lipinski definition) is 2. The fraction of sp³-hybridized carbons (Fsp3) is 0.727. The highest BCUT2D eigenvalue weighted by molar-refractivity contribution is 5.10. The highest BCUT2D eigenvalue weighted by atomic mass is 15.1. The molecule has 1 aliphatic rings. The van der Waals surface area contributed by atoms with E-state index in [1.807, 2.05) is 12.5 Å². The Balaban J connectivity index is 2.21. The zero-order valence-corrected chi connectivity index (χ0v) is 9.14. The lowest BCUT2D eigenvalue weighted by Gasteiger charge is -2.17. The van der Waals surface area contributed by atoms with Crippen LogP contribution in [-0.2, 0) is 0 Å². The van der Waals surface area contributed by atoms with Crippen molar-refractivity contribution < 1.29 is 0 Å². The maximum absolute atomic E-state index is 6.13. The Bertz CT molecular complexity index is 316. The van der Waals surface area contributed by atoms with Crippen LogP contribution in [0.3, 0.4) is 0 Å². The first kappa shape index (κ1) is 9.71. The van der Waals surface area contributed by atoms with Gasteiger partial charge in [-0.2, -0.15) is 0 Å². The van der Waals surface area contributed by atoms with Crippen molar-refractivity contribution in [2.75, 3.05) is 0 Å². The van der Waals surface area contributed by atoms with Crippen molar-refractivity contribution in [2.45, 2.75) is 39.3 Å². The van der Waals surface area contributed by atoms with Crippen LogP contribution in [0.5, 0.6) is 0 Å². The van der Waals surface area contributed by atoms with Crippen molar-refractivity contribution in [3.63, 3.8) is 0 Å². The van der Waals surface area contributed by atoms with Crippen LogP contribution >= 0.6 is 0 Å². The predicted molar refractivity (Wildman–Crippen MR) is 56.8 cm³/mol. The molecule has 14 heavy (non-hydrogen) atoms. The number of aromatic nitrogens is 2. The standard InChI is InChI=1S/C11H19N3/c1-7(2)11(12)10-5-13-6-14(10)9-4-8(9)3/h5-9,11H,4,12H2,1-3H3. The van der Waals surface area contributed by atoms with Gasteiger partial charge in [-0.3, -0.25) is 0 Å². The minimum Gasteiger partial charge on any atom is -0.330 e. The zero-order chi connectivity index (χ0) is 10.3. The lowest BCUT2D eigenvalue weighted by Crippen LogP contribution is -2.20. The lowest BCUT2D eigenvalue weighted by molar-refractivity contribution is 0.475. The Labute approximate surface area is 85.3 Å². The number of hydrogen-bond donors (Lipinski definition) is 1. The molecule has 1 aromatic heterocycles. The monoisotopic (exact) mass is 193 g/mol. The van der Waals surface area contributed by atoms with E-state index in [0.29, 0.717) is 12.0 Å². The first-order valence-electron chi connectivity index (χ1n) is 5.38. The Hall–Kier alpha value is -0.830. The van der Waals surface area contributed by atoms with Gasteiger partial charge in [0, 0.05) is 18.3 Å². The summed E-state index contributed by atoms with van der Waals surface area (Å²) in [6.45, 7) is 6.58.